The summed E-state index contributed by atoms with van der Waals surface area (Å²) >= 11 is 4.45. The molecule has 0 bridgehead atoms. The molecule has 0 atom stereocenters. The predicted octanol–water partition coefficient (Wildman–Crippen LogP) is 7.09. The van der Waals surface area contributed by atoms with Gasteiger partial charge in [-0.2, -0.15) is 0 Å². The van der Waals surface area contributed by atoms with Gasteiger partial charge in [0.25, 0.3) is 0 Å². The zero-order valence-corrected chi connectivity index (χ0v) is 15.0. The van der Waals surface area contributed by atoms with Crippen LogP contribution in [0.4, 0.5) is 17.1 Å². The molecule has 124 valence electrons. The van der Waals surface area contributed by atoms with E-state index in [0.29, 0.717) is 0 Å². The number of hydrogen-bond donors (Lipinski definition) is 1. The summed E-state index contributed by atoms with van der Waals surface area (Å²) in [6.45, 7) is 0. The molecule has 1 aliphatic rings. The van der Waals surface area contributed by atoms with E-state index in [1.54, 1.807) is 0 Å². The molecule has 0 saturated carbocycles. The third-order valence-electron chi connectivity index (χ3n) is 4.91. The first-order valence-electron chi connectivity index (χ1n) is 8.70. The van der Waals surface area contributed by atoms with E-state index >= 15 is 0 Å². The Labute approximate surface area is 159 Å². The summed E-state index contributed by atoms with van der Waals surface area (Å²) in [5.74, 6) is 0. The second-order valence-electron chi connectivity index (χ2n) is 6.43. The lowest BCUT2D eigenvalue weighted by Crippen LogP contribution is -2.10. The number of anilines is 3. The number of nitrogens with zero attached hydrogens (tertiary/aromatic N) is 1. The van der Waals surface area contributed by atoms with Gasteiger partial charge in [-0.25, -0.2) is 0 Å². The van der Waals surface area contributed by atoms with Crippen LogP contribution in [0.15, 0.2) is 102 Å². The van der Waals surface area contributed by atoms with E-state index in [-0.39, 0.29) is 0 Å². The van der Waals surface area contributed by atoms with Gasteiger partial charge < -0.3 is 4.90 Å². The summed E-state index contributed by atoms with van der Waals surface area (Å²) in [6, 6.07) is 34.3. The van der Waals surface area contributed by atoms with Gasteiger partial charge in [-0.3, -0.25) is 0 Å². The van der Waals surface area contributed by atoms with E-state index < -0.39 is 0 Å². The van der Waals surface area contributed by atoms with Crippen molar-refractivity contribution in [3.05, 3.63) is 97.1 Å². The molecule has 0 amide bonds. The second kappa shape index (κ2) is 6.08. The minimum Gasteiger partial charge on any atom is -0.309 e. The Morgan fingerprint density at radius 2 is 0.885 bits per heavy atom. The van der Waals surface area contributed by atoms with Gasteiger partial charge in [0, 0.05) is 21.7 Å². The molecule has 0 spiro atoms. The minimum absolute atomic E-state index is 0.966. The van der Waals surface area contributed by atoms with Gasteiger partial charge >= 0.3 is 0 Å². The predicted molar refractivity (Wildman–Crippen MR) is 113 cm³/mol. The van der Waals surface area contributed by atoms with Gasteiger partial charge in [-0.15, -0.1) is 12.6 Å². The van der Waals surface area contributed by atoms with Crippen LogP contribution in [0.2, 0.25) is 0 Å². The van der Waals surface area contributed by atoms with Gasteiger partial charge in [-0.1, -0.05) is 60.7 Å². The molecule has 26 heavy (non-hydrogen) atoms. The fourth-order valence-electron chi connectivity index (χ4n) is 3.76. The van der Waals surface area contributed by atoms with Crippen LogP contribution >= 0.6 is 12.6 Å². The highest BCUT2D eigenvalue weighted by molar-refractivity contribution is 7.80. The maximum absolute atomic E-state index is 4.45. The fourth-order valence-corrected chi connectivity index (χ4v) is 3.90. The number of rotatable bonds is 1. The van der Waals surface area contributed by atoms with Crippen LogP contribution in [-0.2, 0) is 0 Å². The summed E-state index contributed by atoms with van der Waals surface area (Å²) in [6.07, 6.45) is 0. The van der Waals surface area contributed by atoms with Crippen LogP contribution < -0.4 is 4.90 Å². The first kappa shape index (κ1) is 15.3. The Morgan fingerprint density at radius 3 is 1.38 bits per heavy atom. The maximum Gasteiger partial charge on any atom is 0.0540 e. The molecule has 0 radical (unpaired) electrons. The van der Waals surface area contributed by atoms with Crippen molar-refractivity contribution >= 4 is 29.7 Å². The van der Waals surface area contributed by atoms with E-state index in [4.69, 9.17) is 0 Å². The van der Waals surface area contributed by atoms with Crippen LogP contribution in [0.25, 0.3) is 22.3 Å². The molecule has 0 fully saturated rings. The highest BCUT2D eigenvalue weighted by Crippen LogP contribution is 2.50. The zero-order chi connectivity index (χ0) is 17.5. The van der Waals surface area contributed by atoms with Crippen molar-refractivity contribution in [1.82, 2.24) is 0 Å². The van der Waals surface area contributed by atoms with Gasteiger partial charge in [0.2, 0.25) is 0 Å². The standard InChI is InChI=1S/C24H17NS/c26-18-15-13-17(14-16-18)25-23-11-5-3-9-21(23)19-7-1-2-8-20(19)22-10-4-6-12-24(22)25/h1-16,26H. The topological polar surface area (TPSA) is 3.24 Å². The molecule has 0 N–H and O–H groups in total. The van der Waals surface area contributed by atoms with Crippen molar-refractivity contribution in [1.29, 1.82) is 0 Å². The first-order chi connectivity index (χ1) is 12.8. The SMILES string of the molecule is Sc1ccc(N2c3ccccc3-c3ccccc3-c3ccccc32)cc1. The quantitative estimate of drug-likeness (QED) is 0.315. The third-order valence-corrected chi connectivity index (χ3v) is 5.20. The van der Waals surface area contributed by atoms with Gasteiger partial charge in [0.1, 0.15) is 0 Å². The smallest absolute Gasteiger partial charge is 0.0540 e. The second-order valence-corrected chi connectivity index (χ2v) is 6.95. The summed E-state index contributed by atoms with van der Waals surface area (Å²) in [5, 5.41) is 0. The molecule has 0 aliphatic carbocycles. The van der Waals surface area contributed by atoms with Crippen molar-refractivity contribution in [2.24, 2.45) is 0 Å². The molecule has 1 nitrogen and oxygen atoms in total. The number of para-hydroxylation sites is 2. The Balaban J connectivity index is 1.89. The largest absolute Gasteiger partial charge is 0.309 e. The van der Waals surface area contributed by atoms with E-state index in [1.807, 2.05) is 12.1 Å². The van der Waals surface area contributed by atoms with E-state index in [9.17, 15) is 0 Å². The van der Waals surface area contributed by atoms with Crippen molar-refractivity contribution in [2.45, 2.75) is 4.90 Å². The van der Waals surface area contributed by atoms with E-state index in [1.165, 1.54) is 33.6 Å². The van der Waals surface area contributed by atoms with Crippen LogP contribution in [0.1, 0.15) is 0 Å². The normalized spacial score (nSPS) is 12.0. The molecular formula is C24H17NS. The molecule has 1 heterocycles. The van der Waals surface area contributed by atoms with Crippen molar-refractivity contribution in [3.8, 4) is 22.3 Å². The minimum atomic E-state index is 0.966. The van der Waals surface area contributed by atoms with Crippen molar-refractivity contribution in [2.75, 3.05) is 4.90 Å². The average Bonchev–Trinajstić information content (AvgIpc) is 2.82. The maximum atomic E-state index is 4.45. The third kappa shape index (κ3) is 2.34. The lowest BCUT2D eigenvalue weighted by atomic mass is 9.95. The number of benzene rings is 4. The number of thiol groups is 1. The van der Waals surface area contributed by atoms with Crippen molar-refractivity contribution in [3.63, 3.8) is 0 Å². The van der Waals surface area contributed by atoms with Gasteiger partial charge in [0.05, 0.1) is 11.4 Å². The molecule has 0 aromatic heterocycles. The molecule has 0 unspecified atom stereocenters. The van der Waals surface area contributed by atoms with Crippen LogP contribution in [0, 0.1) is 0 Å². The van der Waals surface area contributed by atoms with Crippen LogP contribution in [0.3, 0.4) is 0 Å². The van der Waals surface area contributed by atoms with Crippen LogP contribution in [-0.4, -0.2) is 0 Å². The molecule has 5 rings (SSSR count). The molecular weight excluding hydrogens is 334 g/mol. The zero-order valence-electron chi connectivity index (χ0n) is 14.1. The fraction of sp³-hybridized carbons (Fsp3) is 0. The van der Waals surface area contributed by atoms with Crippen molar-refractivity contribution < 1.29 is 0 Å². The van der Waals surface area contributed by atoms with Gasteiger partial charge in [0.15, 0.2) is 0 Å². The summed E-state index contributed by atoms with van der Waals surface area (Å²) < 4.78 is 0. The Bertz CT molecular complexity index is 1030. The molecule has 4 aromatic rings. The summed E-state index contributed by atoms with van der Waals surface area (Å²) in [7, 11) is 0. The van der Waals surface area contributed by atoms with Gasteiger partial charge in [-0.05, 0) is 47.5 Å². The molecule has 4 aromatic carbocycles. The number of hydrogen-bond acceptors (Lipinski definition) is 2. The summed E-state index contributed by atoms with van der Waals surface area (Å²) in [4.78, 5) is 3.31. The molecule has 1 aliphatic heterocycles. The number of fused-ring (bicyclic) bond motifs is 5. The summed E-state index contributed by atoms with van der Waals surface area (Å²) in [5.41, 5.74) is 8.54. The lowest BCUT2D eigenvalue weighted by Gasteiger charge is -2.27. The highest BCUT2D eigenvalue weighted by Gasteiger charge is 2.24. The monoisotopic (exact) mass is 351 g/mol. The highest BCUT2D eigenvalue weighted by atomic mass is 32.1. The lowest BCUT2D eigenvalue weighted by molar-refractivity contribution is 1.28. The average molecular weight is 351 g/mol. The molecule has 0 saturated heterocycles. The molecule has 2 heteroatoms. The Kier molecular flexibility index (Phi) is 3.58. The Morgan fingerprint density at radius 1 is 0.462 bits per heavy atom. The Hall–Kier alpha value is -2.97. The van der Waals surface area contributed by atoms with Crippen LogP contribution in [0.5, 0.6) is 0 Å². The van der Waals surface area contributed by atoms with E-state index in [2.05, 4.69) is 102 Å². The first-order valence-corrected chi connectivity index (χ1v) is 9.15. The van der Waals surface area contributed by atoms with E-state index in [0.717, 1.165) is 10.6 Å².